The molecule has 0 spiro atoms. The van der Waals surface area contributed by atoms with Gasteiger partial charge in [-0.2, -0.15) is 0 Å². The summed E-state index contributed by atoms with van der Waals surface area (Å²) >= 11 is 0. The number of carbonyl (C=O) groups excluding carboxylic acids is 1. The standard InChI is InChI=1S/C11H13FO2/c1-7(2)14-11-5-9(8(3)13)4-10(12)6-11/h4-7H,1-3H3. The van der Waals surface area contributed by atoms with Gasteiger partial charge in [-0.1, -0.05) is 0 Å². The van der Waals surface area contributed by atoms with E-state index in [2.05, 4.69) is 0 Å². The van der Waals surface area contributed by atoms with Crippen molar-refractivity contribution in [1.29, 1.82) is 0 Å². The van der Waals surface area contributed by atoms with Crippen molar-refractivity contribution in [3.8, 4) is 5.75 Å². The van der Waals surface area contributed by atoms with Crippen LogP contribution in [0.25, 0.3) is 0 Å². The van der Waals surface area contributed by atoms with E-state index >= 15 is 0 Å². The number of carbonyl (C=O) groups is 1. The monoisotopic (exact) mass is 196 g/mol. The van der Waals surface area contributed by atoms with E-state index in [0.717, 1.165) is 0 Å². The van der Waals surface area contributed by atoms with Crippen molar-refractivity contribution in [3.05, 3.63) is 29.6 Å². The number of benzene rings is 1. The Labute approximate surface area is 82.7 Å². The van der Waals surface area contributed by atoms with Gasteiger partial charge in [-0.3, -0.25) is 4.79 Å². The van der Waals surface area contributed by atoms with Crippen molar-refractivity contribution in [2.24, 2.45) is 0 Å². The molecule has 1 aromatic carbocycles. The zero-order valence-corrected chi connectivity index (χ0v) is 8.50. The van der Waals surface area contributed by atoms with Gasteiger partial charge in [0, 0.05) is 11.6 Å². The largest absolute Gasteiger partial charge is 0.491 e. The highest BCUT2D eigenvalue weighted by Crippen LogP contribution is 2.18. The Morgan fingerprint density at radius 3 is 2.50 bits per heavy atom. The van der Waals surface area contributed by atoms with Gasteiger partial charge in [0.15, 0.2) is 5.78 Å². The number of rotatable bonds is 3. The van der Waals surface area contributed by atoms with Crippen LogP contribution in [0.5, 0.6) is 5.75 Å². The minimum atomic E-state index is -0.451. The number of ether oxygens (including phenoxy) is 1. The lowest BCUT2D eigenvalue weighted by Crippen LogP contribution is -2.06. The Hall–Kier alpha value is -1.38. The molecule has 0 N–H and O–H groups in total. The summed E-state index contributed by atoms with van der Waals surface area (Å²) in [6.45, 7) is 5.09. The molecule has 0 aliphatic carbocycles. The average molecular weight is 196 g/mol. The third kappa shape index (κ3) is 2.83. The number of halogens is 1. The Morgan fingerprint density at radius 1 is 1.36 bits per heavy atom. The molecule has 0 saturated carbocycles. The summed E-state index contributed by atoms with van der Waals surface area (Å²) in [7, 11) is 0. The first-order chi connectivity index (χ1) is 6.49. The molecular formula is C11H13FO2. The summed E-state index contributed by atoms with van der Waals surface area (Å²) in [5.74, 6) is -0.225. The van der Waals surface area contributed by atoms with E-state index in [0.29, 0.717) is 11.3 Å². The van der Waals surface area contributed by atoms with E-state index in [-0.39, 0.29) is 11.9 Å². The highest BCUT2D eigenvalue weighted by atomic mass is 19.1. The first kappa shape index (κ1) is 10.7. The van der Waals surface area contributed by atoms with Crippen molar-refractivity contribution in [2.75, 3.05) is 0 Å². The van der Waals surface area contributed by atoms with Crippen molar-refractivity contribution < 1.29 is 13.9 Å². The van der Waals surface area contributed by atoms with Crippen molar-refractivity contribution in [2.45, 2.75) is 26.9 Å². The molecule has 3 heteroatoms. The summed E-state index contributed by atoms with van der Waals surface area (Å²) in [5.41, 5.74) is 0.334. The summed E-state index contributed by atoms with van der Waals surface area (Å²) in [5, 5.41) is 0. The molecule has 0 heterocycles. The number of hydrogen-bond acceptors (Lipinski definition) is 2. The van der Waals surface area contributed by atoms with E-state index in [1.165, 1.54) is 19.1 Å². The van der Waals surface area contributed by atoms with Crippen LogP contribution >= 0.6 is 0 Å². The molecule has 0 bridgehead atoms. The van der Waals surface area contributed by atoms with E-state index < -0.39 is 5.82 Å². The molecule has 0 radical (unpaired) electrons. The molecule has 2 nitrogen and oxygen atoms in total. The molecule has 0 unspecified atom stereocenters. The first-order valence-corrected chi connectivity index (χ1v) is 4.47. The van der Waals surface area contributed by atoms with Crippen molar-refractivity contribution in [3.63, 3.8) is 0 Å². The Kier molecular flexibility index (Phi) is 3.23. The highest BCUT2D eigenvalue weighted by molar-refractivity contribution is 5.94. The lowest BCUT2D eigenvalue weighted by molar-refractivity contribution is 0.101. The quantitative estimate of drug-likeness (QED) is 0.695. The fraction of sp³-hybridized carbons (Fsp3) is 0.364. The molecule has 0 atom stereocenters. The Morgan fingerprint density at radius 2 is 2.00 bits per heavy atom. The zero-order valence-electron chi connectivity index (χ0n) is 8.50. The lowest BCUT2D eigenvalue weighted by atomic mass is 10.1. The minimum absolute atomic E-state index is 0.0309. The first-order valence-electron chi connectivity index (χ1n) is 4.47. The summed E-state index contributed by atoms with van der Waals surface area (Å²) in [4.78, 5) is 11.0. The molecule has 0 amide bonds. The predicted molar refractivity (Wildman–Crippen MR) is 52.2 cm³/mol. The Bertz CT molecular complexity index is 345. The van der Waals surface area contributed by atoms with Gasteiger partial charge in [0.2, 0.25) is 0 Å². The van der Waals surface area contributed by atoms with E-state index in [1.54, 1.807) is 6.07 Å². The van der Waals surface area contributed by atoms with Crippen LogP contribution in [0.3, 0.4) is 0 Å². The third-order valence-electron chi connectivity index (χ3n) is 1.65. The van der Waals surface area contributed by atoms with Crippen LogP contribution in [0, 0.1) is 5.82 Å². The molecule has 0 aliphatic rings. The van der Waals surface area contributed by atoms with Crippen LogP contribution in [0.4, 0.5) is 4.39 Å². The number of ketones is 1. The molecule has 0 aromatic heterocycles. The second kappa shape index (κ2) is 4.22. The van der Waals surface area contributed by atoms with Gasteiger partial charge in [0.05, 0.1) is 6.10 Å². The second-order valence-electron chi connectivity index (χ2n) is 3.40. The van der Waals surface area contributed by atoms with E-state index in [9.17, 15) is 9.18 Å². The Balaban J connectivity index is 3.01. The molecule has 0 saturated heterocycles. The molecule has 76 valence electrons. The van der Waals surface area contributed by atoms with Crippen LogP contribution in [-0.4, -0.2) is 11.9 Å². The molecule has 0 fully saturated rings. The van der Waals surface area contributed by atoms with Gasteiger partial charge in [0.25, 0.3) is 0 Å². The summed E-state index contributed by atoms with van der Waals surface area (Å²) < 4.78 is 18.3. The minimum Gasteiger partial charge on any atom is -0.491 e. The van der Waals surface area contributed by atoms with Gasteiger partial charge in [-0.15, -0.1) is 0 Å². The molecule has 1 rings (SSSR count). The molecule has 14 heavy (non-hydrogen) atoms. The van der Waals surface area contributed by atoms with E-state index in [4.69, 9.17) is 4.74 Å². The summed E-state index contributed by atoms with van der Waals surface area (Å²) in [6, 6.07) is 4.02. The van der Waals surface area contributed by atoms with Crippen LogP contribution in [-0.2, 0) is 0 Å². The van der Waals surface area contributed by atoms with E-state index in [1.807, 2.05) is 13.8 Å². The lowest BCUT2D eigenvalue weighted by Gasteiger charge is -2.10. The van der Waals surface area contributed by atoms with Crippen LogP contribution in [0.1, 0.15) is 31.1 Å². The SMILES string of the molecule is CC(=O)c1cc(F)cc(OC(C)C)c1. The van der Waals surface area contributed by atoms with Gasteiger partial charge >= 0.3 is 0 Å². The molecule has 0 aliphatic heterocycles. The fourth-order valence-electron chi connectivity index (χ4n) is 1.11. The second-order valence-corrected chi connectivity index (χ2v) is 3.40. The number of hydrogen-bond donors (Lipinski definition) is 0. The van der Waals surface area contributed by atoms with Gasteiger partial charge < -0.3 is 4.74 Å². The normalized spacial score (nSPS) is 10.4. The maximum Gasteiger partial charge on any atom is 0.160 e. The third-order valence-corrected chi connectivity index (χ3v) is 1.65. The fourth-order valence-corrected chi connectivity index (χ4v) is 1.11. The van der Waals surface area contributed by atoms with Crippen LogP contribution in [0.2, 0.25) is 0 Å². The maximum absolute atomic E-state index is 13.0. The topological polar surface area (TPSA) is 26.3 Å². The van der Waals surface area contributed by atoms with Gasteiger partial charge in [0.1, 0.15) is 11.6 Å². The van der Waals surface area contributed by atoms with Crippen molar-refractivity contribution >= 4 is 5.78 Å². The van der Waals surface area contributed by atoms with Gasteiger partial charge in [-0.05, 0) is 32.9 Å². The highest BCUT2D eigenvalue weighted by Gasteiger charge is 2.06. The molecular weight excluding hydrogens is 183 g/mol. The number of Topliss-reactive ketones (excluding diaryl/α,β-unsaturated/α-hetero) is 1. The van der Waals surface area contributed by atoms with Crippen LogP contribution in [0.15, 0.2) is 18.2 Å². The smallest absolute Gasteiger partial charge is 0.160 e. The van der Waals surface area contributed by atoms with Crippen LogP contribution < -0.4 is 4.74 Å². The summed E-state index contributed by atoms with van der Waals surface area (Å²) in [6.07, 6.45) is -0.0309. The maximum atomic E-state index is 13.0. The predicted octanol–water partition coefficient (Wildman–Crippen LogP) is 2.82. The molecule has 1 aromatic rings. The van der Waals surface area contributed by atoms with Gasteiger partial charge in [-0.25, -0.2) is 4.39 Å². The average Bonchev–Trinajstić information content (AvgIpc) is 2.01. The van der Waals surface area contributed by atoms with Crippen molar-refractivity contribution in [1.82, 2.24) is 0 Å². The zero-order chi connectivity index (χ0) is 10.7.